The van der Waals surface area contributed by atoms with E-state index < -0.39 is 5.97 Å². The van der Waals surface area contributed by atoms with Gasteiger partial charge in [0.1, 0.15) is 5.69 Å². The maximum Gasteiger partial charge on any atom is 0.336 e. The van der Waals surface area contributed by atoms with Crippen LogP contribution in [0.2, 0.25) is 0 Å². The molecular formula is C16H15N3O2. The van der Waals surface area contributed by atoms with E-state index in [9.17, 15) is 9.90 Å². The third-order valence-corrected chi connectivity index (χ3v) is 3.46. The number of nitrogens with one attached hydrogen (secondary N) is 1. The van der Waals surface area contributed by atoms with Crippen LogP contribution in [0, 0.1) is 0 Å². The Morgan fingerprint density at radius 1 is 1.19 bits per heavy atom. The van der Waals surface area contributed by atoms with E-state index in [-0.39, 0.29) is 5.56 Å². The molecule has 0 saturated carbocycles. The lowest BCUT2D eigenvalue weighted by atomic mass is 10.0. The number of aromatic carboxylic acids is 1. The van der Waals surface area contributed by atoms with Gasteiger partial charge in [0.05, 0.1) is 11.1 Å². The molecule has 5 nitrogen and oxygen atoms in total. The van der Waals surface area contributed by atoms with Gasteiger partial charge in [-0.3, -0.25) is 5.10 Å². The van der Waals surface area contributed by atoms with Gasteiger partial charge in [0, 0.05) is 30.7 Å². The van der Waals surface area contributed by atoms with Crippen LogP contribution in [0.3, 0.4) is 0 Å². The molecule has 2 N–H and O–H groups in total. The summed E-state index contributed by atoms with van der Waals surface area (Å²) in [5.41, 5.74) is 3.57. The lowest BCUT2D eigenvalue weighted by Crippen LogP contribution is -2.08. The fourth-order valence-electron chi connectivity index (χ4n) is 2.39. The van der Waals surface area contributed by atoms with Gasteiger partial charge in [0.15, 0.2) is 0 Å². The summed E-state index contributed by atoms with van der Waals surface area (Å²) in [5, 5.41) is 17.2. The first-order chi connectivity index (χ1) is 10.1. The van der Waals surface area contributed by atoms with Crippen molar-refractivity contribution >= 4 is 22.6 Å². The second kappa shape index (κ2) is 4.94. The number of aromatic amines is 1. The number of anilines is 1. The summed E-state index contributed by atoms with van der Waals surface area (Å²) in [7, 11) is 3.93. The quantitative estimate of drug-likeness (QED) is 0.774. The Balaban J connectivity index is 2.26. The minimum Gasteiger partial charge on any atom is -0.478 e. The average molecular weight is 281 g/mol. The van der Waals surface area contributed by atoms with E-state index in [2.05, 4.69) is 10.2 Å². The fraction of sp³-hybridized carbons (Fsp3) is 0.125. The first-order valence-electron chi connectivity index (χ1n) is 6.56. The van der Waals surface area contributed by atoms with Crippen LogP contribution in [0.15, 0.2) is 42.5 Å². The number of rotatable bonds is 3. The Labute approximate surface area is 121 Å². The molecule has 5 heteroatoms. The first kappa shape index (κ1) is 13.2. The van der Waals surface area contributed by atoms with E-state index in [4.69, 9.17) is 0 Å². The SMILES string of the molecule is CN(C)c1cccc(-c2n[nH]c3cccc(C(=O)O)c23)c1. The van der Waals surface area contributed by atoms with Crippen LogP contribution in [0.4, 0.5) is 5.69 Å². The zero-order chi connectivity index (χ0) is 15.0. The summed E-state index contributed by atoms with van der Waals surface area (Å²) in [6.45, 7) is 0. The number of hydrogen-bond donors (Lipinski definition) is 2. The average Bonchev–Trinajstić information content (AvgIpc) is 2.91. The molecule has 0 aliphatic heterocycles. The van der Waals surface area contributed by atoms with Crippen LogP contribution in [0.1, 0.15) is 10.4 Å². The zero-order valence-corrected chi connectivity index (χ0v) is 11.8. The van der Waals surface area contributed by atoms with Crippen LogP contribution in [-0.4, -0.2) is 35.4 Å². The molecule has 3 rings (SSSR count). The Kier molecular flexibility index (Phi) is 3.10. The van der Waals surface area contributed by atoms with Gasteiger partial charge < -0.3 is 10.0 Å². The van der Waals surface area contributed by atoms with Crippen molar-refractivity contribution in [3.05, 3.63) is 48.0 Å². The molecule has 2 aromatic carbocycles. The van der Waals surface area contributed by atoms with Crippen molar-refractivity contribution < 1.29 is 9.90 Å². The normalized spacial score (nSPS) is 10.8. The molecule has 106 valence electrons. The molecule has 1 aromatic heterocycles. The summed E-state index contributed by atoms with van der Waals surface area (Å²) in [6, 6.07) is 13.0. The van der Waals surface area contributed by atoms with Gasteiger partial charge in [-0.15, -0.1) is 0 Å². The standard InChI is InChI=1S/C16H15N3O2/c1-19(2)11-6-3-5-10(9-11)15-14-12(16(20)21)7-4-8-13(14)17-18-15/h3-9H,1-2H3,(H,17,18)(H,20,21). The van der Waals surface area contributed by atoms with E-state index in [1.807, 2.05) is 49.3 Å². The number of benzene rings is 2. The number of aromatic nitrogens is 2. The number of nitrogens with zero attached hydrogens (tertiary/aromatic N) is 2. The molecule has 3 aromatic rings. The van der Waals surface area contributed by atoms with E-state index in [0.717, 1.165) is 16.8 Å². The van der Waals surface area contributed by atoms with Gasteiger partial charge in [0.25, 0.3) is 0 Å². The number of H-pyrrole nitrogens is 1. The van der Waals surface area contributed by atoms with E-state index in [1.54, 1.807) is 12.1 Å². The van der Waals surface area contributed by atoms with Crippen LogP contribution in [0.25, 0.3) is 22.2 Å². The highest BCUT2D eigenvalue weighted by Crippen LogP contribution is 2.30. The smallest absolute Gasteiger partial charge is 0.336 e. The molecule has 0 aliphatic rings. The van der Waals surface area contributed by atoms with Gasteiger partial charge >= 0.3 is 5.97 Å². The predicted octanol–water partition coefficient (Wildman–Crippen LogP) is 2.99. The molecule has 21 heavy (non-hydrogen) atoms. The molecule has 0 spiro atoms. The third-order valence-electron chi connectivity index (χ3n) is 3.46. The molecule has 0 amide bonds. The number of hydrogen-bond acceptors (Lipinski definition) is 3. The molecule has 0 unspecified atom stereocenters. The van der Waals surface area contributed by atoms with Crippen molar-refractivity contribution in [2.75, 3.05) is 19.0 Å². The van der Waals surface area contributed by atoms with E-state index in [1.165, 1.54) is 0 Å². The van der Waals surface area contributed by atoms with Crippen LogP contribution < -0.4 is 4.90 Å². The van der Waals surface area contributed by atoms with Crippen LogP contribution in [-0.2, 0) is 0 Å². The molecule has 0 fully saturated rings. The fourth-order valence-corrected chi connectivity index (χ4v) is 2.39. The highest BCUT2D eigenvalue weighted by Gasteiger charge is 2.16. The summed E-state index contributed by atoms with van der Waals surface area (Å²) >= 11 is 0. The maximum atomic E-state index is 11.4. The number of fused-ring (bicyclic) bond motifs is 1. The highest BCUT2D eigenvalue weighted by molar-refractivity contribution is 6.08. The van der Waals surface area contributed by atoms with Crippen molar-refractivity contribution in [3.63, 3.8) is 0 Å². The predicted molar refractivity (Wildman–Crippen MR) is 82.8 cm³/mol. The van der Waals surface area contributed by atoms with Gasteiger partial charge in [-0.05, 0) is 24.3 Å². The molecule has 0 aliphatic carbocycles. The van der Waals surface area contributed by atoms with Gasteiger partial charge in [-0.25, -0.2) is 4.79 Å². The number of carboxylic acid groups (broad SMARTS) is 1. The van der Waals surface area contributed by atoms with E-state index >= 15 is 0 Å². The second-order valence-corrected chi connectivity index (χ2v) is 5.05. The maximum absolute atomic E-state index is 11.4. The molecule has 1 heterocycles. The molecule has 0 bridgehead atoms. The summed E-state index contributed by atoms with van der Waals surface area (Å²) in [4.78, 5) is 13.4. The second-order valence-electron chi connectivity index (χ2n) is 5.05. The number of carboxylic acids is 1. The van der Waals surface area contributed by atoms with Gasteiger partial charge in [-0.2, -0.15) is 5.10 Å². The summed E-state index contributed by atoms with van der Waals surface area (Å²) in [5.74, 6) is -0.952. The van der Waals surface area contributed by atoms with Crippen molar-refractivity contribution in [3.8, 4) is 11.3 Å². The minimum absolute atomic E-state index is 0.256. The van der Waals surface area contributed by atoms with E-state index in [0.29, 0.717) is 11.1 Å². The lowest BCUT2D eigenvalue weighted by molar-refractivity contribution is 0.0699. The Morgan fingerprint density at radius 3 is 2.67 bits per heavy atom. The topological polar surface area (TPSA) is 69.2 Å². The third kappa shape index (κ3) is 2.23. The minimum atomic E-state index is -0.952. The zero-order valence-electron chi connectivity index (χ0n) is 11.8. The van der Waals surface area contributed by atoms with Gasteiger partial charge in [-0.1, -0.05) is 18.2 Å². The van der Waals surface area contributed by atoms with Crippen molar-refractivity contribution in [2.45, 2.75) is 0 Å². The molecule has 0 atom stereocenters. The monoisotopic (exact) mass is 281 g/mol. The van der Waals surface area contributed by atoms with Gasteiger partial charge in [0.2, 0.25) is 0 Å². The Hall–Kier alpha value is -2.82. The summed E-state index contributed by atoms with van der Waals surface area (Å²) in [6.07, 6.45) is 0. The highest BCUT2D eigenvalue weighted by atomic mass is 16.4. The first-order valence-corrected chi connectivity index (χ1v) is 6.56. The Bertz CT molecular complexity index is 821. The molecular weight excluding hydrogens is 266 g/mol. The van der Waals surface area contributed by atoms with Crippen molar-refractivity contribution in [1.29, 1.82) is 0 Å². The number of carbonyl (C=O) groups is 1. The largest absolute Gasteiger partial charge is 0.478 e. The Morgan fingerprint density at radius 2 is 1.95 bits per heavy atom. The van der Waals surface area contributed by atoms with Crippen LogP contribution in [0.5, 0.6) is 0 Å². The molecule has 0 saturated heterocycles. The van der Waals surface area contributed by atoms with Crippen molar-refractivity contribution in [1.82, 2.24) is 10.2 Å². The lowest BCUT2D eigenvalue weighted by Gasteiger charge is -2.13. The van der Waals surface area contributed by atoms with Crippen LogP contribution >= 0.6 is 0 Å². The summed E-state index contributed by atoms with van der Waals surface area (Å²) < 4.78 is 0. The molecule has 0 radical (unpaired) electrons. The van der Waals surface area contributed by atoms with Crippen molar-refractivity contribution in [2.24, 2.45) is 0 Å².